The molecule has 0 aliphatic carbocycles. The molecule has 1 rings (SSSR count). The molecule has 6 heteroatoms. The van der Waals surface area contributed by atoms with Crippen LogP contribution in [0.5, 0.6) is 0 Å². The minimum Gasteiger partial charge on any atom is -0.329 e. The Bertz CT molecular complexity index is 425. The number of hydrogen-bond donors (Lipinski definition) is 2. The van der Waals surface area contributed by atoms with Gasteiger partial charge in [-0.2, -0.15) is 0 Å². The highest BCUT2D eigenvalue weighted by Gasteiger charge is 2.07. The highest BCUT2D eigenvalue weighted by atomic mass is 32.2. The van der Waals surface area contributed by atoms with Crippen LogP contribution < -0.4 is 10.0 Å². The normalized spacial score (nSPS) is 11.0. The zero-order valence-electron chi connectivity index (χ0n) is 8.23. The van der Waals surface area contributed by atoms with E-state index in [1.165, 1.54) is 7.05 Å². The molecule has 0 bridgehead atoms. The summed E-state index contributed by atoms with van der Waals surface area (Å²) in [5, 5.41) is 2.47. The molecular weight excluding hydrogens is 216 g/mol. The topological polar surface area (TPSA) is 75.3 Å². The zero-order chi connectivity index (χ0) is 11.3. The minimum atomic E-state index is -3.24. The van der Waals surface area contributed by atoms with Crippen molar-refractivity contribution in [1.82, 2.24) is 4.72 Å². The van der Waals surface area contributed by atoms with E-state index in [0.717, 1.165) is 0 Å². The fraction of sp³-hybridized carbons (Fsp3) is 0.222. The molecule has 0 atom stereocenters. The fourth-order valence-electron chi connectivity index (χ4n) is 1.06. The van der Waals surface area contributed by atoms with Crippen molar-refractivity contribution in [2.24, 2.45) is 0 Å². The average molecular weight is 228 g/mol. The zero-order valence-corrected chi connectivity index (χ0v) is 9.04. The summed E-state index contributed by atoms with van der Waals surface area (Å²) in [6.45, 7) is 0. The molecule has 0 spiro atoms. The van der Waals surface area contributed by atoms with E-state index in [4.69, 9.17) is 0 Å². The van der Waals surface area contributed by atoms with Gasteiger partial charge in [0, 0.05) is 5.69 Å². The number of amides is 1. The minimum absolute atomic E-state index is 0.0646. The lowest BCUT2D eigenvalue weighted by Crippen LogP contribution is -2.20. The molecule has 1 amide bonds. The number of nitrogens with one attached hydrogen (secondary N) is 2. The molecule has 0 heterocycles. The molecule has 5 nitrogen and oxygen atoms in total. The third kappa shape index (κ3) is 3.69. The van der Waals surface area contributed by atoms with E-state index in [2.05, 4.69) is 10.0 Å². The lowest BCUT2D eigenvalue weighted by atomic mass is 10.2. The van der Waals surface area contributed by atoms with E-state index in [1.54, 1.807) is 24.3 Å². The van der Waals surface area contributed by atoms with Crippen LogP contribution in [0.4, 0.5) is 5.69 Å². The molecule has 15 heavy (non-hydrogen) atoms. The van der Waals surface area contributed by atoms with E-state index in [-0.39, 0.29) is 5.75 Å². The molecule has 0 unspecified atom stereocenters. The number of hydrogen-bond acceptors (Lipinski definition) is 3. The van der Waals surface area contributed by atoms with Crippen LogP contribution in [0.1, 0.15) is 5.56 Å². The second-order valence-electron chi connectivity index (χ2n) is 2.92. The van der Waals surface area contributed by atoms with Gasteiger partial charge in [-0.25, -0.2) is 13.1 Å². The molecule has 0 saturated carbocycles. The molecule has 1 aromatic rings. The molecule has 0 radical (unpaired) electrons. The van der Waals surface area contributed by atoms with Gasteiger partial charge in [-0.15, -0.1) is 0 Å². The van der Waals surface area contributed by atoms with E-state index in [1.807, 2.05) is 0 Å². The Morgan fingerprint density at radius 2 is 1.87 bits per heavy atom. The van der Waals surface area contributed by atoms with Crippen LogP contribution in [-0.2, 0) is 20.6 Å². The van der Waals surface area contributed by atoms with Gasteiger partial charge in [0.05, 0.1) is 5.75 Å². The van der Waals surface area contributed by atoms with Crippen molar-refractivity contribution in [2.45, 2.75) is 5.75 Å². The third-order valence-corrected chi connectivity index (χ3v) is 3.18. The second kappa shape index (κ2) is 4.90. The largest absolute Gasteiger partial charge is 0.329 e. The van der Waals surface area contributed by atoms with E-state index in [9.17, 15) is 13.2 Å². The average Bonchev–Trinajstić information content (AvgIpc) is 2.21. The van der Waals surface area contributed by atoms with Crippen molar-refractivity contribution < 1.29 is 13.2 Å². The summed E-state index contributed by atoms with van der Waals surface area (Å²) in [6, 6.07) is 6.60. The molecule has 1 aromatic carbocycles. The Morgan fingerprint density at radius 3 is 2.33 bits per heavy atom. The van der Waals surface area contributed by atoms with Crippen LogP contribution in [0.3, 0.4) is 0 Å². The Labute approximate surface area is 88.5 Å². The number of sulfonamides is 1. The molecule has 0 saturated heterocycles. The lowest BCUT2D eigenvalue weighted by molar-refractivity contribution is -0.105. The molecule has 0 aliphatic heterocycles. The smallest absolute Gasteiger partial charge is 0.215 e. The first-order valence-corrected chi connectivity index (χ1v) is 5.93. The Balaban J connectivity index is 2.77. The first-order valence-electron chi connectivity index (χ1n) is 4.28. The quantitative estimate of drug-likeness (QED) is 0.712. The van der Waals surface area contributed by atoms with Gasteiger partial charge in [0.25, 0.3) is 0 Å². The van der Waals surface area contributed by atoms with Crippen molar-refractivity contribution in [3.63, 3.8) is 0 Å². The number of rotatable bonds is 5. The Kier molecular flexibility index (Phi) is 3.81. The van der Waals surface area contributed by atoms with Crippen molar-refractivity contribution in [3.05, 3.63) is 29.8 Å². The summed E-state index contributed by atoms with van der Waals surface area (Å²) in [6.07, 6.45) is 0.569. The summed E-state index contributed by atoms with van der Waals surface area (Å²) < 4.78 is 24.6. The monoisotopic (exact) mass is 228 g/mol. The maximum absolute atomic E-state index is 11.2. The van der Waals surface area contributed by atoms with E-state index >= 15 is 0 Å². The van der Waals surface area contributed by atoms with E-state index < -0.39 is 10.0 Å². The standard InChI is InChI=1S/C9H12N2O3S/c1-10-15(13,14)6-8-2-4-9(5-3-8)11-7-12/h2-5,7,10H,6H2,1H3,(H,11,12). The summed E-state index contributed by atoms with van der Waals surface area (Å²) in [7, 11) is -1.86. The number of carbonyl (C=O) groups excluding carboxylic acids is 1. The second-order valence-corrected chi connectivity index (χ2v) is 4.85. The number of benzene rings is 1. The maximum atomic E-state index is 11.2. The van der Waals surface area contributed by atoms with Crippen molar-refractivity contribution in [3.8, 4) is 0 Å². The number of anilines is 1. The predicted molar refractivity (Wildman–Crippen MR) is 57.8 cm³/mol. The first-order chi connectivity index (χ1) is 7.07. The van der Waals surface area contributed by atoms with Gasteiger partial charge in [0.15, 0.2) is 0 Å². The molecule has 2 N–H and O–H groups in total. The summed E-state index contributed by atoms with van der Waals surface area (Å²) in [5.41, 5.74) is 1.30. The maximum Gasteiger partial charge on any atom is 0.215 e. The lowest BCUT2D eigenvalue weighted by Gasteiger charge is -2.03. The third-order valence-electron chi connectivity index (χ3n) is 1.85. The van der Waals surface area contributed by atoms with Gasteiger partial charge < -0.3 is 5.32 Å². The van der Waals surface area contributed by atoms with Gasteiger partial charge in [-0.3, -0.25) is 4.79 Å². The Hall–Kier alpha value is -1.40. The van der Waals surface area contributed by atoms with Gasteiger partial charge in [0.2, 0.25) is 16.4 Å². The van der Waals surface area contributed by atoms with E-state index in [0.29, 0.717) is 17.7 Å². The van der Waals surface area contributed by atoms with Crippen LogP contribution in [0.15, 0.2) is 24.3 Å². The molecule has 0 aliphatic rings. The SMILES string of the molecule is CNS(=O)(=O)Cc1ccc(NC=O)cc1. The summed E-state index contributed by atoms with van der Waals surface area (Å²) in [5.74, 6) is -0.0646. The van der Waals surface area contributed by atoms with Crippen molar-refractivity contribution >= 4 is 22.1 Å². The van der Waals surface area contributed by atoms with Crippen LogP contribution in [0, 0.1) is 0 Å². The van der Waals surface area contributed by atoms with Gasteiger partial charge in [0.1, 0.15) is 0 Å². The van der Waals surface area contributed by atoms with Crippen molar-refractivity contribution in [2.75, 3.05) is 12.4 Å². The van der Waals surface area contributed by atoms with Crippen LogP contribution >= 0.6 is 0 Å². The van der Waals surface area contributed by atoms with Crippen LogP contribution in [0.25, 0.3) is 0 Å². The molecule has 0 fully saturated rings. The van der Waals surface area contributed by atoms with Crippen molar-refractivity contribution in [1.29, 1.82) is 0 Å². The first kappa shape index (κ1) is 11.7. The predicted octanol–water partition coefficient (Wildman–Crippen LogP) is 0.304. The number of carbonyl (C=O) groups is 1. The molecule has 0 aromatic heterocycles. The van der Waals surface area contributed by atoms with Crippen LogP contribution in [0.2, 0.25) is 0 Å². The Morgan fingerprint density at radius 1 is 1.27 bits per heavy atom. The fourth-order valence-corrected chi connectivity index (χ4v) is 1.83. The molecular formula is C9H12N2O3S. The van der Waals surface area contributed by atoms with Crippen LogP contribution in [-0.4, -0.2) is 21.9 Å². The van der Waals surface area contributed by atoms with Gasteiger partial charge >= 0.3 is 0 Å². The molecule has 82 valence electrons. The summed E-state index contributed by atoms with van der Waals surface area (Å²) >= 11 is 0. The highest BCUT2D eigenvalue weighted by Crippen LogP contribution is 2.10. The summed E-state index contributed by atoms with van der Waals surface area (Å²) in [4.78, 5) is 10.1. The van der Waals surface area contributed by atoms with Gasteiger partial charge in [-0.05, 0) is 24.7 Å². The van der Waals surface area contributed by atoms with Gasteiger partial charge in [-0.1, -0.05) is 12.1 Å². The highest BCUT2D eigenvalue weighted by molar-refractivity contribution is 7.88.